The van der Waals surface area contributed by atoms with E-state index in [2.05, 4.69) is 16.8 Å². The van der Waals surface area contributed by atoms with Crippen LogP contribution in [-0.4, -0.2) is 60.3 Å². The number of piperidine rings is 1. The molecule has 0 aromatic carbocycles. The summed E-state index contributed by atoms with van der Waals surface area (Å²) < 4.78 is 10.7. The molecule has 0 radical (unpaired) electrons. The van der Waals surface area contributed by atoms with Crippen LogP contribution in [0.2, 0.25) is 0 Å². The fourth-order valence-corrected chi connectivity index (χ4v) is 4.86. The maximum absolute atomic E-state index is 12.7. The fourth-order valence-electron chi connectivity index (χ4n) is 4.86. The lowest BCUT2D eigenvalue weighted by Crippen LogP contribution is -2.50. The molecule has 1 spiro atoms. The van der Waals surface area contributed by atoms with Crippen LogP contribution in [0.1, 0.15) is 84.5 Å². The van der Waals surface area contributed by atoms with Gasteiger partial charge in [-0.05, 0) is 43.9 Å². The number of ether oxygens (including phenoxy) is 2. The van der Waals surface area contributed by atoms with Crippen molar-refractivity contribution in [3.8, 4) is 0 Å². The highest BCUT2D eigenvalue weighted by Crippen LogP contribution is 2.46. The first-order valence-corrected chi connectivity index (χ1v) is 11.5. The predicted molar refractivity (Wildman–Crippen MR) is 112 cm³/mol. The Bertz CT molecular complexity index is 601. The summed E-state index contributed by atoms with van der Waals surface area (Å²) in [6, 6.07) is 0.212. The van der Waals surface area contributed by atoms with Crippen molar-refractivity contribution < 1.29 is 19.1 Å². The second-order valence-electron chi connectivity index (χ2n) is 8.84. The molecular formula is C22H37N3O4. The first-order chi connectivity index (χ1) is 14.1. The molecule has 3 fully saturated rings. The van der Waals surface area contributed by atoms with Gasteiger partial charge in [0, 0.05) is 6.54 Å². The Labute approximate surface area is 174 Å². The molecule has 7 nitrogen and oxygen atoms in total. The Hall–Kier alpha value is -1.79. The van der Waals surface area contributed by atoms with Gasteiger partial charge >= 0.3 is 12.2 Å². The minimum absolute atomic E-state index is 0.212. The molecule has 2 aliphatic heterocycles. The SMILES string of the molecule is CCCCOC(=O)/N=C1/N(C(=O)OCCCC)CC2CCC3(CCCCC3)CN12. The number of amides is 2. The van der Waals surface area contributed by atoms with Gasteiger partial charge in [-0.15, -0.1) is 4.99 Å². The van der Waals surface area contributed by atoms with Crippen LogP contribution in [0, 0.1) is 5.41 Å². The Kier molecular flexibility index (Phi) is 7.78. The van der Waals surface area contributed by atoms with Crippen molar-refractivity contribution >= 4 is 18.1 Å². The number of carbonyl (C=O) groups excluding carboxylic acids is 2. The molecule has 1 aliphatic carbocycles. The van der Waals surface area contributed by atoms with Crippen LogP contribution in [0.3, 0.4) is 0 Å². The zero-order chi connectivity index (χ0) is 20.7. The van der Waals surface area contributed by atoms with Crippen molar-refractivity contribution in [3.05, 3.63) is 0 Å². The smallest absolute Gasteiger partial charge is 0.436 e. The highest BCUT2D eigenvalue weighted by molar-refractivity contribution is 6.00. The Balaban J connectivity index is 1.75. The van der Waals surface area contributed by atoms with Crippen LogP contribution >= 0.6 is 0 Å². The summed E-state index contributed by atoms with van der Waals surface area (Å²) in [5.41, 5.74) is 0.295. The number of hydrogen-bond acceptors (Lipinski definition) is 4. The zero-order valence-corrected chi connectivity index (χ0v) is 18.2. The summed E-state index contributed by atoms with van der Waals surface area (Å²) >= 11 is 0. The summed E-state index contributed by atoms with van der Waals surface area (Å²) in [5, 5.41) is 0. The molecule has 29 heavy (non-hydrogen) atoms. The van der Waals surface area contributed by atoms with Crippen molar-refractivity contribution in [2.24, 2.45) is 10.4 Å². The van der Waals surface area contributed by atoms with E-state index in [9.17, 15) is 9.59 Å². The van der Waals surface area contributed by atoms with Crippen molar-refractivity contribution in [3.63, 3.8) is 0 Å². The summed E-state index contributed by atoms with van der Waals surface area (Å²) in [7, 11) is 0. The first-order valence-electron chi connectivity index (χ1n) is 11.5. The second-order valence-corrected chi connectivity index (χ2v) is 8.84. The maximum atomic E-state index is 12.7. The summed E-state index contributed by atoms with van der Waals surface area (Å²) in [6.45, 7) is 6.29. The minimum atomic E-state index is -0.608. The third-order valence-electron chi connectivity index (χ3n) is 6.62. The van der Waals surface area contributed by atoms with E-state index in [4.69, 9.17) is 9.47 Å². The monoisotopic (exact) mass is 407 g/mol. The normalized spacial score (nSPS) is 24.6. The Morgan fingerprint density at radius 1 is 1.03 bits per heavy atom. The zero-order valence-electron chi connectivity index (χ0n) is 18.2. The summed E-state index contributed by atoms with van der Waals surface area (Å²) in [6.07, 6.45) is 11.1. The van der Waals surface area contributed by atoms with Gasteiger partial charge in [0.15, 0.2) is 0 Å². The lowest BCUT2D eigenvalue weighted by atomic mass is 9.68. The number of nitrogens with zero attached hydrogens (tertiary/aromatic N) is 3. The molecule has 1 saturated carbocycles. The van der Waals surface area contributed by atoms with Gasteiger partial charge in [-0.3, -0.25) is 0 Å². The average Bonchev–Trinajstić information content (AvgIpc) is 3.06. The highest BCUT2D eigenvalue weighted by Gasteiger charge is 2.48. The van der Waals surface area contributed by atoms with E-state index in [0.29, 0.717) is 31.1 Å². The van der Waals surface area contributed by atoms with Gasteiger partial charge in [-0.1, -0.05) is 46.0 Å². The molecule has 164 valence electrons. The number of fused-ring (bicyclic) bond motifs is 1. The van der Waals surface area contributed by atoms with E-state index >= 15 is 0 Å². The fraction of sp³-hybridized carbons (Fsp3) is 0.864. The third kappa shape index (κ3) is 5.43. The molecule has 0 aromatic rings. The van der Waals surface area contributed by atoms with E-state index in [1.54, 1.807) is 4.90 Å². The molecule has 2 amide bonds. The molecule has 1 unspecified atom stereocenters. The molecule has 0 N–H and O–H groups in total. The first kappa shape index (κ1) is 21.9. The van der Waals surface area contributed by atoms with Crippen molar-refractivity contribution in [2.45, 2.75) is 90.5 Å². The molecule has 2 saturated heterocycles. The summed E-state index contributed by atoms with van der Waals surface area (Å²) in [5.74, 6) is 0.433. The van der Waals surface area contributed by atoms with Crippen LogP contribution in [0.5, 0.6) is 0 Å². The Morgan fingerprint density at radius 2 is 1.72 bits per heavy atom. The molecule has 3 rings (SSSR count). The minimum Gasteiger partial charge on any atom is -0.449 e. The van der Waals surface area contributed by atoms with E-state index in [1.807, 2.05) is 6.92 Å². The molecule has 0 bridgehead atoms. The Morgan fingerprint density at radius 3 is 2.41 bits per heavy atom. The number of rotatable bonds is 6. The van der Waals surface area contributed by atoms with E-state index < -0.39 is 12.2 Å². The molecule has 2 heterocycles. The van der Waals surface area contributed by atoms with Crippen LogP contribution in [-0.2, 0) is 9.47 Å². The predicted octanol–water partition coefficient (Wildman–Crippen LogP) is 4.95. The topological polar surface area (TPSA) is 71.4 Å². The van der Waals surface area contributed by atoms with Gasteiger partial charge in [-0.2, -0.15) is 0 Å². The van der Waals surface area contributed by atoms with Crippen molar-refractivity contribution in [1.82, 2.24) is 9.80 Å². The quantitative estimate of drug-likeness (QED) is 0.583. The van der Waals surface area contributed by atoms with E-state index in [-0.39, 0.29) is 6.04 Å². The van der Waals surface area contributed by atoms with Crippen molar-refractivity contribution in [1.29, 1.82) is 0 Å². The van der Waals surface area contributed by atoms with Crippen LogP contribution in [0.25, 0.3) is 0 Å². The van der Waals surface area contributed by atoms with Gasteiger partial charge < -0.3 is 14.4 Å². The lowest BCUT2D eigenvalue weighted by Gasteiger charge is -2.46. The molecule has 0 aromatic heterocycles. The number of carbonyl (C=O) groups is 2. The van der Waals surface area contributed by atoms with Gasteiger partial charge in [0.05, 0.1) is 25.8 Å². The van der Waals surface area contributed by atoms with Crippen LogP contribution < -0.4 is 0 Å². The van der Waals surface area contributed by atoms with Crippen molar-refractivity contribution in [2.75, 3.05) is 26.3 Å². The number of aliphatic imine (C=N–C) groups is 1. The van der Waals surface area contributed by atoms with E-state index in [0.717, 1.165) is 38.6 Å². The highest BCUT2D eigenvalue weighted by atomic mass is 16.6. The van der Waals surface area contributed by atoms with Gasteiger partial charge in [0.25, 0.3) is 0 Å². The van der Waals surface area contributed by atoms with E-state index in [1.165, 1.54) is 38.5 Å². The molecule has 1 atom stereocenters. The van der Waals surface area contributed by atoms with Gasteiger partial charge in [-0.25, -0.2) is 14.5 Å². The number of guanidine groups is 1. The molecule has 3 aliphatic rings. The van der Waals surface area contributed by atoms with Gasteiger partial charge in [0.2, 0.25) is 5.96 Å². The number of unbranched alkanes of at least 4 members (excludes halogenated alkanes) is 2. The molecular weight excluding hydrogens is 370 g/mol. The second kappa shape index (κ2) is 10.3. The van der Waals surface area contributed by atoms with Gasteiger partial charge in [0.1, 0.15) is 0 Å². The van der Waals surface area contributed by atoms with Crippen LogP contribution in [0.15, 0.2) is 4.99 Å². The standard InChI is InChI=1S/C22H37N3O4/c1-3-5-14-28-20(26)23-19-24(21(27)29-15-6-4-2)16-18-10-13-22(17-25(18)19)11-8-7-9-12-22/h18H,3-17H2,1-2H3/b23-19-. The largest absolute Gasteiger partial charge is 0.449 e. The van der Waals surface area contributed by atoms with Crippen LogP contribution in [0.4, 0.5) is 9.59 Å². The number of hydrogen-bond donors (Lipinski definition) is 0. The summed E-state index contributed by atoms with van der Waals surface area (Å²) in [4.78, 5) is 33.1. The third-order valence-corrected chi connectivity index (χ3v) is 6.62. The maximum Gasteiger partial charge on any atom is 0.436 e. The molecule has 7 heteroatoms. The average molecular weight is 408 g/mol. The lowest BCUT2D eigenvalue weighted by molar-refractivity contribution is 0.0682.